The van der Waals surface area contributed by atoms with Crippen LogP contribution in [0.4, 0.5) is 22.7 Å². The fraction of sp³-hybridized carbons (Fsp3) is 0.420. The molecule has 0 fully saturated rings. The number of amides is 1. The lowest BCUT2D eigenvalue weighted by atomic mass is 9.87. The van der Waals surface area contributed by atoms with Gasteiger partial charge in [0, 0.05) is 81.5 Å². The summed E-state index contributed by atoms with van der Waals surface area (Å²) in [6.07, 6.45) is 7.90. The zero-order valence-corrected chi connectivity index (χ0v) is 35.7. The van der Waals surface area contributed by atoms with Crippen molar-refractivity contribution in [3.05, 3.63) is 131 Å². The molecule has 0 aromatic heterocycles. The van der Waals surface area contributed by atoms with Gasteiger partial charge in [0.2, 0.25) is 5.91 Å². The van der Waals surface area contributed by atoms with E-state index < -0.39 is 0 Å². The van der Waals surface area contributed by atoms with E-state index in [1.807, 2.05) is 0 Å². The molecule has 0 bridgehead atoms. The fourth-order valence-corrected chi connectivity index (χ4v) is 7.80. The Morgan fingerprint density at radius 2 is 0.696 bits per heavy atom. The molecule has 4 aromatic carbocycles. The van der Waals surface area contributed by atoms with Crippen molar-refractivity contribution < 1.29 is 4.79 Å². The number of rotatable bonds is 23. The molecule has 6 nitrogen and oxygen atoms in total. The zero-order valence-electron chi connectivity index (χ0n) is 35.7. The molecule has 0 atom stereocenters. The van der Waals surface area contributed by atoms with Crippen molar-refractivity contribution >= 4 is 39.8 Å². The molecule has 0 unspecified atom stereocenters. The number of hydrogen-bond donors (Lipinski definition) is 1. The fourth-order valence-electron chi connectivity index (χ4n) is 7.80. The number of carbonyl (C=O) groups is 1. The van der Waals surface area contributed by atoms with Gasteiger partial charge in [-0.15, -0.1) is 0 Å². The van der Waals surface area contributed by atoms with Crippen LogP contribution in [0.3, 0.4) is 0 Å². The highest BCUT2D eigenvalue weighted by Crippen LogP contribution is 2.34. The number of unbranched alkanes of at least 4 members (excludes halogenated alkanes) is 1. The monoisotopic (exact) mass is 756 g/mol. The third kappa shape index (κ3) is 11.8. The Balaban J connectivity index is 1.93. The Kier molecular flexibility index (Phi) is 17.6. The molecule has 0 heterocycles. The first-order valence-electron chi connectivity index (χ1n) is 21.4. The standard InChI is InChI=1S/C50H69N5O/c1-9-52(10-2)44-29-21-40(22-30-44)48(41-23-31-45(32-24-41)53(11-3)12-4)37-39(19-17-18-20-50(51)56)38-49(42-25-33-46(34-26-42)54(13-5)14-6)43-27-35-47(36-28-43)55(15-7)16-8/h21-39H,9-20H2,1-8H3,(H2,51,56). The minimum atomic E-state index is -0.239. The number of nitrogens with zero attached hydrogens (tertiary/aromatic N) is 4. The van der Waals surface area contributed by atoms with E-state index in [9.17, 15) is 4.79 Å². The van der Waals surface area contributed by atoms with Crippen LogP contribution in [-0.4, -0.2) is 58.3 Å². The number of allylic oxidation sites excluding steroid dienone is 2. The minimum Gasteiger partial charge on any atom is -0.372 e. The summed E-state index contributed by atoms with van der Waals surface area (Å²) in [4.78, 5) is 21.4. The Bertz CT molecular complexity index is 1550. The highest BCUT2D eigenvalue weighted by Gasteiger charge is 2.16. The summed E-state index contributed by atoms with van der Waals surface area (Å²) in [7, 11) is 0. The van der Waals surface area contributed by atoms with Gasteiger partial charge < -0.3 is 25.3 Å². The molecule has 1 amide bonds. The van der Waals surface area contributed by atoms with Gasteiger partial charge in [-0.3, -0.25) is 4.79 Å². The van der Waals surface area contributed by atoms with Gasteiger partial charge in [-0.25, -0.2) is 0 Å². The van der Waals surface area contributed by atoms with Gasteiger partial charge in [-0.1, -0.05) is 67.1 Å². The van der Waals surface area contributed by atoms with E-state index in [2.05, 4.69) is 184 Å². The Hall–Kier alpha value is -4.97. The second kappa shape index (κ2) is 22.6. The zero-order chi connectivity index (χ0) is 40.5. The molecule has 0 aliphatic carbocycles. The predicted octanol–water partition coefficient (Wildman–Crippen LogP) is 11.3. The number of anilines is 4. The molecular formula is C50H69N5O. The molecule has 56 heavy (non-hydrogen) atoms. The van der Waals surface area contributed by atoms with E-state index in [4.69, 9.17) is 5.73 Å². The van der Waals surface area contributed by atoms with E-state index >= 15 is 0 Å². The maximum Gasteiger partial charge on any atom is 0.217 e. The third-order valence-corrected chi connectivity index (χ3v) is 11.2. The van der Waals surface area contributed by atoms with Crippen molar-refractivity contribution in [3.63, 3.8) is 0 Å². The average molecular weight is 756 g/mol. The molecule has 4 aromatic rings. The number of benzene rings is 4. The van der Waals surface area contributed by atoms with Crippen LogP contribution < -0.4 is 25.3 Å². The second-order valence-corrected chi connectivity index (χ2v) is 14.4. The number of hydrogen-bond acceptors (Lipinski definition) is 5. The molecule has 0 spiro atoms. The molecule has 0 saturated carbocycles. The van der Waals surface area contributed by atoms with Crippen LogP contribution in [0.1, 0.15) is 103 Å². The van der Waals surface area contributed by atoms with Gasteiger partial charge in [-0.2, -0.15) is 0 Å². The molecule has 4 rings (SSSR count). The highest BCUT2D eigenvalue weighted by molar-refractivity contribution is 5.84. The van der Waals surface area contributed by atoms with Crippen LogP contribution in [0, 0.1) is 5.92 Å². The van der Waals surface area contributed by atoms with Gasteiger partial charge in [0.15, 0.2) is 0 Å². The van der Waals surface area contributed by atoms with Crippen LogP contribution >= 0.6 is 0 Å². The van der Waals surface area contributed by atoms with Gasteiger partial charge in [-0.05, 0) is 156 Å². The number of primary amides is 1. The van der Waals surface area contributed by atoms with Crippen LogP contribution in [0.25, 0.3) is 11.1 Å². The summed E-state index contributed by atoms with van der Waals surface area (Å²) in [5.41, 5.74) is 17.8. The first-order valence-corrected chi connectivity index (χ1v) is 21.4. The highest BCUT2D eigenvalue weighted by atomic mass is 16.1. The quantitative estimate of drug-likeness (QED) is 0.0764. The lowest BCUT2D eigenvalue weighted by Crippen LogP contribution is -2.21. The Morgan fingerprint density at radius 1 is 0.446 bits per heavy atom. The number of carbonyl (C=O) groups excluding carboxylic acids is 1. The maximum absolute atomic E-state index is 11.8. The summed E-state index contributed by atoms with van der Waals surface area (Å²) < 4.78 is 0. The summed E-state index contributed by atoms with van der Waals surface area (Å²) >= 11 is 0. The van der Waals surface area contributed by atoms with E-state index in [1.54, 1.807) is 0 Å². The van der Waals surface area contributed by atoms with Gasteiger partial charge in [0.05, 0.1) is 0 Å². The van der Waals surface area contributed by atoms with Gasteiger partial charge in [0.1, 0.15) is 0 Å². The molecule has 6 heteroatoms. The third-order valence-electron chi connectivity index (χ3n) is 11.2. The smallest absolute Gasteiger partial charge is 0.217 e. The van der Waals surface area contributed by atoms with Gasteiger partial charge >= 0.3 is 0 Å². The number of nitrogens with two attached hydrogens (primary N) is 1. The molecule has 0 saturated heterocycles. The molecule has 0 aliphatic rings. The summed E-state index contributed by atoms with van der Waals surface area (Å²) in [6, 6.07) is 36.4. The van der Waals surface area contributed by atoms with Crippen LogP contribution in [-0.2, 0) is 4.79 Å². The normalized spacial score (nSPS) is 10.9. The van der Waals surface area contributed by atoms with Crippen LogP contribution in [0.15, 0.2) is 109 Å². The Morgan fingerprint density at radius 3 is 0.911 bits per heavy atom. The van der Waals surface area contributed by atoms with E-state index in [-0.39, 0.29) is 11.8 Å². The van der Waals surface area contributed by atoms with Gasteiger partial charge in [0.25, 0.3) is 0 Å². The van der Waals surface area contributed by atoms with Crippen molar-refractivity contribution in [2.75, 3.05) is 72.0 Å². The lowest BCUT2D eigenvalue weighted by Gasteiger charge is -2.23. The maximum atomic E-state index is 11.8. The van der Waals surface area contributed by atoms with Crippen LogP contribution in [0.2, 0.25) is 0 Å². The molecule has 2 N–H and O–H groups in total. The lowest BCUT2D eigenvalue weighted by molar-refractivity contribution is -0.118. The van der Waals surface area contributed by atoms with E-state index in [0.29, 0.717) is 6.42 Å². The van der Waals surface area contributed by atoms with Crippen molar-refractivity contribution in [2.45, 2.75) is 81.1 Å². The SMILES string of the molecule is CCN(CC)c1ccc(C(=CC(C=C(c2ccc(N(CC)CC)cc2)c2ccc(N(CC)CC)cc2)CCCCC(N)=O)c2ccc(N(CC)CC)cc2)cc1. The first kappa shape index (κ1) is 43.8. The van der Waals surface area contributed by atoms with Crippen molar-refractivity contribution in [1.29, 1.82) is 0 Å². The largest absolute Gasteiger partial charge is 0.372 e. The van der Waals surface area contributed by atoms with Crippen molar-refractivity contribution in [1.82, 2.24) is 0 Å². The summed E-state index contributed by atoms with van der Waals surface area (Å²) in [5, 5.41) is 0. The van der Waals surface area contributed by atoms with E-state index in [1.165, 1.54) is 56.1 Å². The Labute approximate surface area is 339 Å². The molecule has 0 aliphatic heterocycles. The minimum absolute atomic E-state index is 0.0858. The summed E-state index contributed by atoms with van der Waals surface area (Å²) in [5.74, 6) is -0.153. The van der Waals surface area contributed by atoms with Crippen LogP contribution in [0.5, 0.6) is 0 Å². The first-order chi connectivity index (χ1) is 27.2. The molecular weight excluding hydrogens is 687 g/mol. The van der Waals surface area contributed by atoms with Crippen molar-refractivity contribution in [2.24, 2.45) is 11.7 Å². The molecule has 300 valence electrons. The van der Waals surface area contributed by atoms with Crippen molar-refractivity contribution in [3.8, 4) is 0 Å². The average Bonchev–Trinajstić information content (AvgIpc) is 3.23. The topological polar surface area (TPSA) is 56.1 Å². The summed E-state index contributed by atoms with van der Waals surface area (Å²) in [6.45, 7) is 25.4. The second-order valence-electron chi connectivity index (χ2n) is 14.4. The molecule has 0 radical (unpaired) electrons. The predicted molar refractivity (Wildman–Crippen MR) is 245 cm³/mol. The van der Waals surface area contributed by atoms with E-state index in [0.717, 1.165) is 71.6 Å².